The average Bonchev–Trinajstić information content (AvgIpc) is 1.99. The standard InChI is InChI=1S/C6H12F2N2O2.ClH.H2O/c7-4(8)6(10,5(11)12)2-1-3-9;;/h4H,1-3,9-10H2,(H,11,12);1H;1H2. The molecule has 1 atom stereocenters. The largest absolute Gasteiger partial charge is 1.00 e. The summed E-state index contributed by atoms with van der Waals surface area (Å²) < 4.78 is 24.2. The Kier molecular flexibility index (Phi) is 10.7. The zero-order chi connectivity index (χ0) is 9.78. The Labute approximate surface area is 87.6 Å². The first kappa shape index (κ1) is 19.1. The number of nitrogens with two attached hydrogens (primary N) is 2. The molecule has 0 spiro atoms. The number of hydrogen-bond acceptors (Lipinski definition) is 3. The molecular weight excluding hydrogens is 222 g/mol. The first-order valence-corrected chi connectivity index (χ1v) is 3.45. The predicted molar refractivity (Wildman–Crippen MR) is 43.6 cm³/mol. The van der Waals surface area contributed by atoms with E-state index < -0.39 is 17.9 Å². The van der Waals surface area contributed by atoms with Gasteiger partial charge in [-0.25, -0.2) is 13.6 Å². The van der Waals surface area contributed by atoms with Crippen LogP contribution in [0.3, 0.4) is 0 Å². The highest BCUT2D eigenvalue weighted by Gasteiger charge is 2.42. The number of rotatable bonds is 5. The molecule has 14 heavy (non-hydrogen) atoms. The van der Waals surface area contributed by atoms with Gasteiger partial charge in [0.15, 0.2) is 5.54 Å². The van der Waals surface area contributed by atoms with Crippen LogP contribution in [0.25, 0.3) is 0 Å². The van der Waals surface area contributed by atoms with E-state index in [2.05, 4.69) is 0 Å². The molecule has 0 aliphatic heterocycles. The maximum Gasteiger partial charge on any atom is 1.00 e. The van der Waals surface area contributed by atoms with Crippen LogP contribution in [0.4, 0.5) is 8.78 Å². The van der Waals surface area contributed by atoms with Gasteiger partial charge in [0.05, 0.1) is 0 Å². The minimum Gasteiger partial charge on any atom is -1.00 e. The summed E-state index contributed by atoms with van der Waals surface area (Å²) in [5.41, 5.74) is 7.56. The van der Waals surface area contributed by atoms with E-state index in [4.69, 9.17) is 16.6 Å². The molecular formula is C6H15ClF2N2O3. The maximum atomic E-state index is 12.1. The highest BCUT2D eigenvalue weighted by molar-refractivity contribution is 5.79. The van der Waals surface area contributed by atoms with Gasteiger partial charge in [0, 0.05) is 0 Å². The highest BCUT2D eigenvalue weighted by Crippen LogP contribution is 2.18. The van der Waals surface area contributed by atoms with Crippen LogP contribution in [0.5, 0.6) is 0 Å². The number of carbonyl (C=O) groups is 1. The predicted octanol–water partition coefficient (Wildman–Crippen LogP) is -3.94. The Bertz CT molecular complexity index is 178. The van der Waals surface area contributed by atoms with E-state index in [0.717, 1.165) is 0 Å². The molecule has 0 aromatic rings. The molecule has 0 amide bonds. The summed E-state index contributed by atoms with van der Waals surface area (Å²) in [5.74, 6) is -1.69. The van der Waals surface area contributed by atoms with E-state index in [1.54, 1.807) is 0 Å². The molecule has 0 radical (unpaired) electrons. The summed E-state index contributed by atoms with van der Waals surface area (Å²) in [5, 5.41) is 8.38. The summed E-state index contributed by atoms with van der Waals surface area (Å²) in [6, 6.07) is 0. The Balaban J connectivity index is -0.000000202. The van der Waals surface area contributed by atoms with Crippen LogP contribution in [0.2, 0.25) is 0 Å². The van der Waals surface area contributed by atoms with E-state index in [1.165, 1.54) is 0 Å². The number of hydrogen-bond donors (Lipinski definition) is 3. The third-order valence-electron chi connectivity index (χ3n) is 1.58. The molecule has 0 saturated carbocycles. The first-order valence-electron chi connectivity index (χ1n) is 3.45. The molecule has 0 saturated heterocycles. The fraction of sp³-hybridized carbons (Fsp3) is 0.833. The van der Waals surface area contributed by atoms with Crippen LogP contribution in [0.1, 0.15) is 14.3 Å². The Hall–Kier alpha value is -0.500. The van der Waals surface area contributed by atoms with Crippen molar-refractivity contribution >= 4 is 5.97 Å². The molecule has 0 fully saturated rings. The van der Waals surface area contributed by atoms with Gasteiger partial charge >= 0.3 is 7.40 Å². The second-order valence-corrected chi connectivity index (χ2v) is 2.54. The van der Waals surface area contributed by atoms with Gasteiger partial charge in [0.1, 0.15) is 0 Å². The van der Waals surface area contributed by atoms with E-state index in [-0.39, 0.29) is 38.7 Å². The molecule has 0 heterocycles. The normalized spacial score (nSPS) is 13.8. The average molecular weight is 237 g/mol. The number of aliphatic carboxylic acids is 1. The molecule has 8 heteroatoms. The van der Waals surface area contributed by atoms with Crippen LogP contribution in [-0.4, -0.2) is 35.1 Å². The third-order valence-corrected chi connectivity index (χ3v) is 1.58. The van der Waals surface area contributed by atoms with Crippen LogP contribution >= 0.6 is 0 Å². The van der Waals surface area contributed by atoms with Crippen molar-refractivity contribution in [3.05, 3.63) is 0 Å². The first-order chi connectivity index (χ1) is 5.45. The minimum absolute atomic E-state index is 0. The van der Waals surface area contributed by atoms with Crippen molar-refractivity contribution in [1.82, 2.24) is 0 Å². The molecule has 1 unspecified atom stereocenters. The SMILES string of the molecule is NCCCC(N)(C(=O)O)C(F)F.O.[Cl-].[H+]. The van der Waals surface area contributed by atoms with Crippen molar-refractivity contribution in [2.45, 2.75) is 24.8 Å². The molecule has 0 rings (SSSR count). The number of halogens is 3. The van der Waals surface area contributed by atoms with Crippen molar-refractivity contribution in [3.8, 4) is 0 Å². The van der Waals surface area contributed by atoms with Gasteiger partial charge in [0.25, 0.3) is 6.43 Å². The zero-order valence-electron chi connectivity index (χ0n) is 8.34. The molecule has 0 aromatic heterocycles. The lowest BCUT2D eigenvalue weighted by atomic mass is 9.95. The van der Waals surface area contributed by atoms with Gasteiger partial charge in [-0.1, -0.05) is 0 Å². The van der Waals surface area contributed by atoms with Gasteiger partial charge in [-0.3, -0.25) is 0 Å². The molecule has 0 bridgehead atoms. The Morgan fingerprint density at radius 1 is 1.57 bits per heavy atom. The van der Waals surface area contributed by atoms with Crippen molar-refractivity contribution in [3.63, 3.8) is 0 Å². The lowest BCUT2D eigenvalue weighted by molar-refractivity contribution is -0.150. The number of carboxylic acids is 1. The third kappa shape index (κ3) is 4.66. The molecule has 0 aliphatic rings. The topological polar surface area (TPSA) is 121 Å². The summed E-state index contributed by atoms with van der Waals surface area (Å²) in [4.78, 5) is 10.3. The molecule has 5 nitrogen and oxygen atoms in total. The number of carboxylic acid groups (broad SMARTS) is 1. The summed E-state index contributed by atoms with van der Waals surface area (Å²) >= 11 is 0. The smallest absolute Gasteiger partial charge is 1.00 e. The summed E-state index contributed by atoms with van der Waals surface area (Å²) in [6.07, 6.45) is -3.20. The van der Waals surface area contributed by atoms with E-state index in [9.17, 15) is 13.6 Å². The van der Waals surface area contributed by atoms with Gasteiger partial charge in [0.2, 0.25) is 0 Å². The second-order valence-electron chi connectivity index (χ2n) is 2.54. The second kappa shape index (κ2) is 7.86. The lowest BCUT2D eigenvalue weighted by Crippen LogP contribution is -3.00. The molecule has 7 N–H and O–H groups in total. The Morgan fingerprint density at radius 3 is 2.21 bits per heavy atom. The van der Waals surface area contributed by atoms with E-state index in [0.29, 0.717) is 0 Å². The van der Waals surface area contributed by atoms with Crippen LogP contribution in [0.15, 0.2) is 0 Å². The van der Waals surface area contributed by atoms with E-state index in [1.807, 2.05) is 0 Å². The highest BCUT2D eigenvalue weighted by atomic mass is 35.5. The molecule has 0 aliphatic carbocycles. The summed E-state index contributed by atoms with van der Waals surface area (Å²) in [6.45, 7) is 0.152. The van der Waals surface area contributed by atoms with E-state index >= 15 is 0 Å². The van der Waals surface area contributed by atoms with Crippen LogP contribution in [0, 0.1) is 0 Å². The van der Waals surface area contributed by atoms with Crippen LogP contribution < -0.4 is 23.9 Å². The van der Waals surface area contributed by atoms with Crippen LogP contribution in [-0.2, 0) is 4.79 Å². The van der Waals surface area contributed by atoms with Crippen molar-refractivity contribution in [2.24, 2.45) is 11.5 Å². The lowest BCUT2D eigenvalue weighted by Gasteiger charge is -2.22. The minimum atomic E-state index is -3.07. The van der Waals surface area contributed by atoms with Gasteiger partial charge in [-0.2, -0.15) is 0 Å². The zero-order valence-corrected chi connectivity index (χ0v) is 8.10. The monoisotopic (exact) mass is 236 g/mol. The van der Waals surface area contributed by atoms with Crippen molar-refractivity contribution in [2.75, 3.05) is 6.54 Å². The fourth-order valence-corrected chi connectivity index (χ4v) is 0.704. The maximum absolute atomic E-state index is 12.1. The Morgan fingerprint density at radius 2 is 2.00 bits per heavy atom. The quantitative estimate of drug-likeness (QED) is 0.451. The fourth-order valence-electron chi connectivity index (χ4n) is 0.704. The number of alkyl halides is 2. The summed E-state index contributed by atoms with van der Waals surface area (Å²) in [7, 11) is 0. The molecule has 0 aromatic carbocycles. The van der Waals surface area contributed by atoms with Gasteiger partial charge < -0.3 is 34.5 Å². The van der Waals surface area contributed by atoms with Gasteiger partial charge in [-0.15, -0.1) is 0 Å². The van der Waals surface area contributed by atoms with Gasteiger partial charge in [-0.05, 0) is 19.4 Å². The van der Waals surface area contributed by atoms with Crippen molar-refractivity contribution < 1.29 is 38.0 Å². The van der Waals surface area contributed by atoms with Crippen molar-refractivity contribution in [1.29, 1.82) is 0 Å². The molecule has 88 valence electrons.